The van der Waals surface area contributed by atoms with Gasteiger partial charge in [0.1, 0.15) is 5.69 Å². The molecule has 0 bridgehead atoms. The Hall–Kier alpha value is -4.77. The molecule has 0 atom stereocenters. The van der Waals surface area contributed by atoms with Gasteiger partial charge in [0.15, 0.2) is 5.78 Å². The van der Waals surface area contributed by atoms with Crippen LogP contribution < -0.4 is 3.71 Å². The van der Waals surface area contributed by atoms with Gasteiger partial charge in [-0.15, -0.1) is 3.71 Å². The zero-order valence-corrected chi connectivity index (χ0v) is 20.1. The second-order valence-corrected chi connectivity index (χ2v) is 11.0. The molecule has 0 radical (unpaired) electrons. The number of non-ortho nitro benzene ring substituents is 2. The molecular formula is C20H14N4O11S2. The van der Waals surface area contributed by atoms with Crippen LogP contribution in [0, 0.1) is 30.3 Å². The van der Waals surface area contributed by atoms with E-state index in [1.165, 1.54) is 0 Å². The summed E-state index contributed by atoms with van der Waals surface area (Å²) in [6.07, 6.45) is 0. The number of carbonyl (C=O) groups is 1. The Balaban J connectivity index is 2.39. The van der Waals surface area contributed by atoms with Gasteiger partial charge in [0.25, 0.3) is 31.4 Å². The maximum atomic E-state index is 13.6. The Morgan fingerprint density at radius 3 is 1.41 bits per heavy atom. The number of nitrogens with zero attached hydrogens (tertiary/aromatic N) is 4. The van der Waals surface area contributed by atoms with Crippen molar-refractivity contribution >= 4 is 48.6 Å². The number of hydrogen-bond donors (Lipinski definition) is 0. The third kappa shape index (κ3) is 4.98. The van der Waals surface area contributed by atoms with Crippen LogP contribution in [0.4, 0.5) is 22.7 Å². The van der Waals surface area contributed by atoms with Crippen molar-refractivity contribution in [2.75, 3.05) is 3.71 Å². The highest BCUT2D eigenvalue weighted by Crippen LogP contribution is 2.39. The van der Waals surface area contributed by atoms with Crippen LogP contribution in [0.3, 0.4) is 0 Å². The first-order chi connectivity index (χ1) is 17.2. The molecule has 0 saturated carbocycles. The molecule has 17 heteroatoms. The Labute approximate surface area is 208 Å². The van der Waals surface area contributed by atoms with Gasteiger partial charge in [-0.05, 0) is 43.3 Å². The van der Waals surface area contributed by atoms with Gasteiger partial charge in [-0.1, -0.05) is 6.07 Å². The van der Waals surface area contributed by atoms with E-state index in [-0.39, 0.29) is 3.71 Å². The lowest BCUT2D eigenvalue weighted by Crippen LogP contribution is -2.37. The second-order valence-electron chi connectivity index (χ2n) is 7.20. The van der Waals surface area contributed by atoms with E-state index in [1.807, 2.05) is 0 Å². The minimum atomic E-state index is -5.25. The maximum Gasteiger partial charge on any atom is 0.305 e. The van der Waals surface area contributed by atoms with Crippen LogP contribution in [0.5, 0.6) is 0 Å². The number of benzene rings is 3. The van der Waals surface area contributed by atoms with Crippen molar-refractivity contribution < 1.29 is 36.4 Å². The van der Waals surface area contributed by atoms with Crippen molar-refractivity contribution in [2.24, 2.45) is 0 Å². The summed E-state index contributed by atoms with van der Waals surface area (Å²) in [5.41, 5.74) is -3.78. The third-order valence-corrected chi connectivity index (χ3v) is 9.08. The number of ketones is 1. The monoisotopic (exact) mass is 550 g/mol. The largest absolute Gasteiger partial charge is 0.305 e. The third-order valence-electron chi connectivity index (χ3n) is 4.90. The van der Waals surface area contributed by atoms with Crippen LogP contribution in [-0.4, -0.2) is 37.4 Å². The van der Waals surface area contributed by atoms with E-state index in [1.54, 1.807) is 0 Å². The summed E-state index contributed by atoms with van der Waals surface area (Å²) in [6.45, 7) is 0.951. The number of anilines is 1. The SMILES string of the molecule is CC(=O)c1cccc(N(S(=O)(=O)c2ccc([N+](=O)[O-])cc2)S(=O)(=O)c2ccc([N+](=O)[O-])cc2)c1[N+](=O)[O-]. The van der Waals surface area contributed by atoms with Crippen LogP contribution >= 0.6 is 0 Å². The molecular weight excluding hydrogens is 536 g/mol. The Kier molecular flexibility index (Phi) is 7.04. The molecule has 0 saturated heterocycles. The minimum absolute atomic E-state index is 0.285. The Bertz CT molecular complexity index is 1560. The molecule has 0 aromatic heterocycles. The van der Waals surface area contributed by atoms with Crippen molar-refractivity contribution in [3.05, 3.63) is 103 Å². The molecule has 15 nitrogen and oxygen atoms in total. The molecule has 0 aliphatic carbocycles. The molecule has 0 heterocycles. The van der Waals surface area contributed by atoms with Crippen molar-refractivity contribution in [3.8, 4) is 0 Å². The number of sulfonamides is 2. The maximum absolute atomic E-state index is 13.6. The van der Waals surface area contributed by atoms with E-state index in [2.05, 4.69) is 0 Å². The average molecular weight is 550 g/mol. The number of hydrogen-bond acceptors (Lipinski definition) is 11. The molecule has 0 N–H and O–H groups in total. The first-order valence-electron chi connectivity index (χ1n) is 9.77. The number of Topliss-reactive ketones (excluding diaryl/α,β-unsaturated/α-hetero) is 1. The summed E-state index contributed by atoms with van der Waals surface area (Å²) in [5.74, 6) is -0.867. The minimum Gasteiger partial charge on any atom is -0.294 e. The predicted molar refractivity (Wildman–Crippen MR) is 126 cm³/mol. The van der Waals surface area contributed by atoms with Gasteiger partial charge >= 0.3 is 5.69 Å². The molecule has 0 spiro atoms. The summed E-state index contributed by atoms with van der Waals surface area (Å²) in [7, 11) is -10.5. The van der Waals surface area contributed by atoms with Gasteiger partial charge in [0.2, 0.25) is 0 Å². The van der Waals surface area contributed by atoms with E-state index in [9.17, 15) is 52.0 Å². The van der Waals surface area contributed by atoms with Crippen molar-refractivity contribution in [3.63, 3.8) is 0 Å². The summed E-state index contributed by atoms with van der Waals surface area (Å²) >= 11 is 0. The molecule has 0 aliphatic rings. The normalized spacial score (nSPS) is 11.5. The second kappa shape index (κ2) is 9.70. The highest BCUT2D eigenvalue weighted by molar-refractivity contribution is 8.10. The lowest BCUT2D eigenvalue weighted by molar-refractivity contribution is -0.385. The smallest absolute Gasteiger partial charge is 0.294 e. The highest BCUT2D eigenvalue weighted by atomic mass is 32.3. The molecule has 37 heavy (non-hydrogen) atoms. The van der Waals surface area contributed by atoms with Crippen molar-refractivity contribution in [1.82, 2.24) is 0 Å². The van der Waals surface area contributed by atoms with Gasteiger partial charge < -0.3 is 0 Å². The fraction of sp³-hybridized carbons (Fsp3) is 0.0500. The predicted octanol–water partition coefficient (Wildman–Crippen LogP) is 3.20. The zero-order valence-electron chi connectivity index (χ0n) is 18.4. The summed E-state index contributed by atoms with van der Waals surface area (Å²) in [4.78, 5) is 41.5. The van der Waals surface area contributed by atoms with Crippen LogP contribution in [0.25, 0.3) is 0 Å². The molecule has 0 unspecified atom stereocenters. The zero-order chi connectivity index (χ0) is 27.7. The molecule has 3 aromatic carbocycles. The molecule has 3 aromatic rings. The van der Waals surface area contributed by atoms with E-state index >= 15 is 0 Å². The van der Waals surface area contributed by atoms with Gasteiger partial charge in [-0.2, -0.15) is 0 Å². The highest BCUT2D eigenvalue weighted by Gasteiger charge is 2.42. The Morgan fingerprint density at radius 1 is 0.676 bits per heavy atom. The quantitative estimate of drug-likeness (QED) is 0.214. The first kappa shape index (κ1) is 26.8. The fourth-order valence-electron chi connectivity index (χ4n) is 3.21. The fourth-order valence-corrected chi connectivity index (χ4v) is 6.92. The number of para-hydroxylation sites is 1. The van der Waals surface area contributed by atoms with Crippen LogP contribution in [-0.2, 0) is 20.0 Å². The van der Waals surface area contributed by atoms with E-state index in [0.717, 1.165) is 73.7 Å². The van der Waals surface area contributed by atoms with E-state index in [4.69, 9.17) is 0 Å². The van der Waals surface area contributed by atoms with Crippen molar-refractivity contribution in [1.29, 1.82) is 0 Å². The van der Waals surface area contributed by atoms with Crippen LogP contribution in [0.2, 0.25) is 0 Å². The molecule has 0 amide bonds. The Morgan fingerprint density at radius 2 is 1.08 bits per heavy atom. The summed E-state index contributed by atoms with van der Waals surface area (Å²) in [6, 6.07) is 8.86. The van der Waals surface area contributed by atoms with Crippen molar-refractivity contribution in [2.45, 2.75) is 16.7 Å². The number of carbonyl (C=O) groups excluding carboxylic acids is 1. The number of nitro groups is 3. The van der Waals surface area contributed by atoms with E-state index < -0.39 is 78.7 Å². The summed E-state index contributed by atoms with van der Waals surface area (Å²) in [5, 5.41) is 33.8. The number of nitro benzene ring substituents is 3. The standard InChI is InChI=1S/C20H14N4O11S2/c1-13(25)18-3-2-4-19(20(18)23(30)31)24(36(32,33)16-9-5-14(6-10-16)21(26)27)37(34,35)17-11-7-15(8-12-17)22(28)29/h2-12H,1H3. The lowest BCUT2D eigenvalue weighted by Gasteiger charge is -2.24. The topological polar surface area (TPSA) is 218 Å². The van der Waals surface area contributed by atoms with Gasteiger partial charge in [0, 0.05) is 24.3 Å². The first-order valence-corrected chi connectivity index (χ1v) is 12.7. The van der Waals surface area contributed by atoms with Gasteiger partial charge in [-0.25, -0.2) is 16.8 Å². The summed E-state index contributed by atoms with van der Waals surface area (Å²) < 4.78 is 54.2. The van der Waals surface area contributed by atoms with Gasteiger partial charge in [0.05, 0.1) is 30.1 Å². The lowest BCUT2D eigenvalue weighted by atomic mass is 10.1. The van der Waals surface area contributed by atoms with E-state index in [0.29, 0.717) is 0 Å². The average Bonchev–Trinajstić information content (AvgIpc) is 2.83. The molecule has 3 rings (SSSR count). The number of rotatable bonds is 9. The van der Waals surface area contributed by atoms with Crippen LogP contribution in [0.15, 0.2) is 76.5 Å². The van der Waals surface area contributed by atoms with Gasteiger partial charge in [-0.3, -0.25) is 35.1 Å². The molecule has 0 fully saturated rings. The molecule has 192 valence electrons. The molecule has 0 aliphatic heterocycles. The van der Waals surface area contributed by atoms with Crippen LogP contribution in [0.1, 0.15) is 17.3 Å².